The van der Waals surface area contributed by atoms with E-state index >= 15 is 0 Å². The zero-order chi connectivity index (χ0) is 15.5. The van der Waals surface area contributed by atoms with Crippen molar-refractivity contribution in [1.29, 1.82) is 0 Å². The minimum absolute atomic E-state index is 0.535. The molecular weight excluding hydrogens is 340 g/mol. The average Bonchev–Trinajstić information content (AvgIpc) is 2.53. The first-order chi connectivity index (χ1) is 10.3. The summed E-state index contributed by atoms with van der Waals surface area (Å²) in [5, 5.41) is 0.730. The molecule has 0 N–H and O–H groups in total. The van der Waals surface area contributed by atoms with Crippen molar-refractivity contribution in [2.24, 2.45) is 0 Å². The minimum Gasteiger partial charge on any atom is -0.493 e. The maximum absolute atomic E-state index is 5.78. The molecule has 0 aliphatic heterocycles. The molecule has 5 nitrogen and oxygen atoms in total. The van der Waals surface area contributed by atoms with Gasteiger partial charge >= 0.3 is 0 Å². The number of halogens is 1. The van der Waals surface area contributed by atoms with Crippen LogP contribution >= 0.6 is 15.9 Å². The van der Waals surface area contributed by atoms with E-state index in [2.05, 4.69) is 15.9 Å². The van der Waals surface area contributed by atoms with E-state index in [1.807, 2.05) is 12.1 Å². The normalized spacial score (nSPS) is 10.5. The Morgan fingerprint density at radius 1 is 0.905 bits per heavy atom. The molecule has 120 valence electrons. The Hall–Kier alpha value is -0.980. The van der Waals surface area contributed by atoms with E-state index in [9.17, 15) is 0 Å². The number of methoxy groups -OCH3 is 3. The monoisotopic (exact) mass is 362 g/mol. The minimum atomic E-state index is 0.535. The van der Waals surface area contributed by atoms with Crippen LogP contribution in [0, 0.1) is 0 Å². The van der Waals surface area contributed by atoms with E-state index in [-0.39, 0.29) is 0 Å². The second-order valence-corrected chi connectivity index (χ2v) is 4.83. The second-order valence-electron chi connectivity index (χ2n) is 4.27. The second kappa shape index (κ2) is 10.7. The van der Waals surface area contributed by atoms with Crippen molar-refractivity contribution in [3.8, 4) is 17.2 Å². The van der Waals surface area contributed by atoms with Crippen molar-refractivity contribution in [2.45, 2.75) is 11.8 Å². The van der Waals surface area contributed by atoms with E-state index in [1.54, 1.807) is 21.3 Å². The van der Waals surface area contributed by atoms with E-state index in [1.165, 1.54) is 0 Å². The van der Waals surface area contributed by atoms with E-state index < -0.39 is 0 Å². The SMILES string of the molecule is COCCOCCCOc1c(OC)cc(CBr)cc1OC. The lowest BCUT2D eigenvalue weighted by Gasteiger charge is -2.15. The van der Waals surface area contributed by atoms with E-state index in [4.69, 9.17) is 23.7 Å². The standard InChI is InChI=1S/C15H23BrO5/c1-17-7-8-20-5-4-6-21-15-13(18-2)9-12(11-16)10-14(15)19-3/h9-10H,4-8,11H2,1-3H3. The number of rotatable bonds is 11. The highest BCUT2D eigenvalue weighted by Crippen LogP contribution is 2.39. The fourth-order valence-electron chi connectivity index (χ4n) is 1.73. The molecule has 0 saturated carbocycles. The van der Waals surface area contributed by atoms with Crippen LogP contribution in [0.1, 0.15) is 12.0 Å². The Labute approximate surface area is 134 Å². The molecule has 6 heteroatoms. The van der Waals surface area contributed by atoms with Crippen LogP contribution in [0.25, 0.3) is 0 Å². The highest BCUT2D eigenvalue weighted by atomic mass is 79.9. The van der Waals surface area contributed by atoms with Crippen molar-refractivity contribution >= 4 is 15.9 Å². The first-order valence-corrected chi connectivity index (χ1v) is 7.89. The summed E-state index contributed by atoms with van der Waals surface area (Å²) < 4.78 is 26.8. The Morgan fingerprint density at radius 3 is 2.10 bits per heavy atom. The lowest BCUT2D eigenvalue weighted by molar-refractivity contribution is 0.0641. The van der Waals surface area contributed by atoms with Crippen molar-refractivity contribution in [2.75, 3.05) is 47.8 Å². The van der Waals surface area contributed by atoms with E-state index in [0.29, 0.717) is 43.7 Å². The van der Waals surface area contributed by atoms with Gasteiger partial charge < -0.3 is 23.7 Å². The summed E-state index contributed by atoms with van der Waals surface area (Å²) in [6.45, 7) is 2.38. The predicted octanol–water partition coefficient (Wildman–Crippen LogP) is 3.03. The molecule has 1 aromatic rings. The molecule has 0 bridgehead atoms. The number of ether oxygens (including phenoxy) is 5. The van der Waals surface area contributed by atoms with Gasteiger partial charge in [-0.3, -0.25) is 0 Å². The zero-order valence-corrected chi connectivity index (χ0v) is 14.4. The zero-order valence-electron chi connectivity index (χ0n) is 12.8. The van der Waals surface area contributed by atoms with Crippen LogP contribution < -0.4 is 14.2 Å². The fraction of sp³-hybridized carbons (Fsp3) is 0.600. The summed E-state index contributed by atoms with van der Waals surface area (Å²) in [5.74, 6) is 1.97. The fourth-order valence-corrected chi connectivity index (χ4v) is 2.06. The van der Waals surface area contributed by atoms with Crippen molar-refractivity contribution in [1.82, 2.24) is 0 Å². The van der Waals surface area contributed by atoms with Gasteiger partial charge in [-0.25, -0.2) is 0 Å². The van der Waals surface area contributed by atoms with Gasteiger partial charge in [0, 0.05) is 25.5 Å². The van der Waals surface area contributed by atoms with Crippen LogP contribution in [0.2, 0.25) is 0 Å². The summed E-state index contributed by atoms with van der Waals surface area (Å²) in [4.78, 5) is 0. The first kappa shape index (κ1) is 18.1. The lowest BCUT2D eigenvalue weighted by atomic mass is 10.2. The molecule has 0 unspecified atom stereocenters. The van der Waals surface area contributed by atoms with Crippen molar-refractivity contribution in [3.63, 3.8) is 0 Å². The maximum Gasteiger partial charge on any atom is 0.203 e. The number of hydrogen-bond donors (Lipinski definition) is 0. The molecule has 0 heterocycles. The molecule has 0 amide bonds. The molecule has 1 rings (SSSR count). The smallest absolute Gasteiger partial charge is 0.203 e. The largest absolute Gasteiger partial charge is 0.493 e. The van der Waals surface area contributed by atoms with Gasteiger partial charge in [0.05, 0.1) is 34.0 Å². The third kappa shape index (κ3) is 6.11. The summed E-state index contributed by atoms with van der Waals surface area (Å²) in [5.41, 5.74) is 1.07. The maximum atomic E-state index is 5.78. The van der Waals surface area contributed by atoms with Gasteiger partial charge in [0.2, 0.25) is 5.75 Å². The topological polar surface area (TPSA) is 46.2 Å². The van der Waals surface area contributed by atoms with Crippen LogP contribution in [0.4, 0.5) is 0 Å². The van der Waals surface area contributed by atoms with Crippen LogP contribution in [0.15, 0.2) is 12.1 Å². The molecule has 0 aromatic heterocycles. The summed E-state index contributed by atoms with van der Waals surface area (Å²) in [6.07, 6.45) is 0.788. The number of benzene rings is 1. The van der Waals surface area contributed by atoms with Crippen molar-refractivity contribution < 1.29 is 23.7 Å². The summed E-state index contributed by atoms with van der Waals surface area (Å²) in [6, 6.07) is 3.86. The Bertz CT molecular complexity index is 386. The molecule has 21 heavy (non-hydrogen) atoms. The molecule has 0 saturated heterocycles. The summed E-state index contributed by atoms with van der Waals surface area (Å²) >= 11 is 3.42. The lowest BCUT2D eigenvalue weighted by Crippen LogP contribution is -2.08. The van der Waals surface area contributed by atoms with Gasteiger partial charge in [0.1, 0.15) is 0 Å². The number of alkyl halides is 1. The average molecular weight is 363 g/mol. The van der Waals surface area contributed by atoms with Crippen LogP contribution in [0.3, 0.4) is 0 Å². The molecular formula is C15H23BrO5. The van der Waals surface area contributed by atoms with Crippen molar-refractivity contribution in [3.05, 3.63) is 17.7 Å². The van der Waals surface area contributed by atoms with E-state index in [0.717, 1.165) is 17.3 Å². The Kier molecular flexibility index (Phi) is 9.21. The molecule has 0 aliphatic carbocycles. The Morgan fingerprint density at radius 2 is 1.57 bits per heavy atom. The van der Waals surface area contributed by atoms with Gasteiger partial charge in [-0.1, -0.05) is 15.9 Å². The molecule has 1 aromatic carbocycles. The van der Waals surface area contributed by atoms with Gasteiger partial charge in [0.25, 0.3) is 0 Å². The first-order valence-electron chi connectivity index (χ1n) is 6.77. The van der Waals surface area contributed by atoms with Gasteiger partial charge in [-0.2, -0.15) is 0 Å². The molecule has 0 spiro atoms. The highest BCUT2D eigenvalue weighted by molar-refractivity contribution is 9.08. The van der Waals surface area contributed by atoms with Crippen LogP contribution in [-0.4, -0.2) is 47.8 Å². The number of hydrogen-bond acceptors (Lipinski definition) is 5. The van der Waals surface area contributed by atoms with Crippen LogP contribution in [-0.2, 0) is 14.8 Å². The Balaban J connectivity index is 2.53. The predicted molar refractivity (Wildman–Crippen MR) is 85.0 cm³/mol. The van der Waals surface area contributed by atoms with Gasteiger partial charge in [-0.05, 0) is 17.7 Å². The third-order valence-electron chi connectivity index (χ3n) is 2.79. The third-order valence-corrected chi connectivity index (χ3v) is 3.43. The molecule has 0 aliphatic rings. The van der Waals surface area contributed by atoms with Gasteiger partial charge in [0.15, 0.2) is 11.5 Å². The molecule has 0 radical (unpaired) electrons. The summed E-state index contributed by atoms with van der Waals surface area (Å²) in [7, 11) is 4.89. The quantitative estimate of drug-likeness (QED) is 0.447. The van der Waals surface area contributed by atoms with Gasteiger partial charge in [-0.15, -0.1) is 0 Å². The highest BCUT2D eigenvalue weighted by Gasteiger charge is 2.13. The molecule has 0 fully saturated rings. The van der Waals surface area contributed by atoms with Crippen LogP contribution in [0.5, 0.6) is 17.2 Å². The molecule has 0 atom stereocenters.